The van der Waals surface area contributed by atoms with E-state index in [0.29, 0.717) is 87.8 Å². The fraction of sp³-hybridized carbons (Fsp3) is 0.667. The highest BCUT2D eigenvalue weighted by atomic mass is 16.5. The van der Waals surface area contributed by atoms with Crippen molar-refractivity contribution in [2.45, 2.75) is 138 Å². The van der Waals surface area contributed by atoms with Gasteiger partial charge in [0, 0.05) is 72.1 Å². The van der Waals surface area contributed by atoms with Gasteiger partial charge in [0.1, 0.15) is 23.3 Å². The van der Waals surface area contributed by atoms with E-state index in [-0.39, 0.29) is 104 Å². The minimum Gasteiger partial charge on any atom is -0.392 e. The number of anilines is 1. The lowest BCUT2D eigenvalue weighted by molar-refractivity contribution is -0.146. The van der Waals surface area contributed by atoms with Crippen molar-refractivity contribution in [3.8, 4) is 0 Å². The van der Waals surface area contributed by atoms with Crippen molar-refractivity contribution in [2.75, 3.05) is 51.5 Å². The highest BCUT2D eigenvalue weighted by molar-refractivity contribution is 6.25. The van der Waals surface area contributed by atoms with Crippen LogP contribution < -0.4 is 16.0 Å². The molecule has 3 fully saturated rings. The summed E-state index contributed by atoms with van der Waals surface area (Å²) in [4.78, 5) is 105. The van der Waals surface area contributed by atoms with Crippen molar-refractivity contribution in [1.29, 1.82) is 0 Å². The number of piperidine rings is 1. The van der Waals surface area contributed by atoms with E-state index in [4.69, 9.17) is 14.2 Å². The van der Waals surface area contributed by atoms with Gasteiger partial charge in [0.2, 0.25) is 17.7 Å². The van der Waals surface area contributed by atoms with Gasteiger partial charge >= 0.3 is 0 Å². The molecule has 10 atom stereocenters. The quantitative estimate of drug-likeness (QED) is 0.0834. The molecule has 1 unspecified atom stereocenters. The molecule has 5 N–H and O–H groups in total. The van der Waals surface area contributed by atoms with Gasteiger partial charge in [-0.05, 0) is 66.6 Å². The number of aliphatic hydroxyl groups is 2. The van der Waals surface area contributed by atoms with Crippen LogP contribution in [0.25, 0.3) is 0 Å². The lowest BCUT2D eigenvalue weighted by Crippen LogP contribution is -2.60. The molecule has 4 aliphatic carbocycles. The van der Waals surface area contributed by atoms with Crippen molar-refractivity contribution in [3.05, 3.63) is 52.4 Å². The maximum atomic E-state index is 14.4. The number of nitrogens with one attached hydrogen (secondary N) is 3. The third-order valence-corrected chi connectivity index (χ3v) is 17.9. The summed E-state index contributed by atoms with van der Waals surface area (Å²) in [6.45, 7) is 16.5. The third-order valence-electron chi connectivity index (χ3n) is 17.9. The Morgan fingerprint density at radius 2 is 1.59 bits per heavy atom. The van der Waals surface area contributed by atoms with Crippen LogP contribution in [0.5, 0.6) is 0 Å². The smallest absolute Gasteiger partial charge is 0.264 e. The minimum atomic E-state index is -1.06. The van der Waals surface area contributed by atoms with E-state index >= 15 is 0 Å². The number of ether oxygens (including phenoxy) is 3. The second-order valence-electron chi connectivity index (χ2n) is 22.7. The Hall–Kier alpha value is -5.54. The molecule has 2 saturated carbocycles. The fourth-order valence-corrected chi connectivity index (χ4v) is 13.7. The van der Waals surface area contributed by atoms with E-state index in [2.05, 4.69) is 33.2 Å². The van der Waals surface area contributed by atoms with Gasteiger partial charge < -0.3 is 35.1 Å². The third kappa shape index (κ3) is 10.0. The van der Waals surface area contributed by atoms with Gasteiger partial charge in [0.25, 0.3) is 11.8 Å². The highest BCUT2D eigenvalue weighted by Gasteiger charge is 2.70. The van der Waals surface area contributed by atoms with Crippen LogP contribution in [0.2, 0.25) is 0 Å². The monoisotopic (exact) mass is 1030 g/mol. The Morgan fingerprint density at radius 1 is 0.892 bits per heavy atom. The number of carbonyl (C=O) groups excluding carboxylic acids is 8. The van der Waals surface area contributed by atoms with Crippen LogP contribution in [0.4, 0.5) is 5.69 Å². The molecule has 1 aromatic carbocycles. The fourth-order valence-electron chi connectivity index (χ4n) is 13.7. The first-order valence-corrected chi connectivity index (χ1v) is 26.2. The summed E-state index contributed by atoms with van der Waals surface area (Å²) >= 11 is 0. The summed E-state index contributed by atoms with van der Waals surface area (Å²) in [6, 6.07) is 3.78. The highest BCUT2D eigenvalue weighted by Crippen LogP contribution is 2.71. The van der Waals surface area contributed by atoms with Gasteiger partial charge in [0.15, 0.2) is 5.78 Å². The van der Waals surface area contributed by atoms with Gasteiger partial charge in [-0.3, -0.25) is 48.6 Å². The van der Waals surface area contributed by atoms with Crippen molar-refractivity contribution >= 4 is 52.6 Å². The maximum absolute atomic E-state index is 14.4. The second kappa shape index (κ2) is 21.6. The first-order valence-electron chi connectivity index (χ1n) is 26.2. The summed E-state index contributed by atoms with van der Waals surface area (Å²) in [5, 5.41) is 40.3. The standard InChI is InChI=1S/C54H73N7O13/c1-30(35-25-42(66)54(7)46-38(63)26-40-51(3,4)41(65)13-14-52(40,5)45(46)39(64)27-53(35,54)6)23-33(62)24-31(2)47(68)55-15-17-72-19-21-74-22-20-73-18-16-60-29-32(58-59-60)28-56-36-10-8-9-34-44(36)50(71)61(49(34)70)37-11-12-43(67)57-48(37)69/h8-10,29-31,35,37-38,40,42,56,63,66H,11-28H2,1-7H3,(H,55,68)(H,57,67,69)/t30-,31-,35-,37?,38+,40+,42+,52+,53-,54+/m1/s1. The summed E-state index contributed by atoms with van der Waals surface area (Å²) in [6.07, 6.45) is 2.15. The Bertz CT molecular complexity index is 2610. The van der Waals surface area contributed by atoms with Crippen molar-refractivity contribution < 1.29 is 62.8 Å². The van der Waals surface area contributed by atoms with Crippen molar-refractivity contribution in [2.24, 2.45) is 45.3 Å². The van der Waals surface area contributed by atoms with E-state index in [0.717, 1.165) is 4.90 Å². The number of imide groups is 2. The number of carbonyl (C=O) groups is 8. The summed E-state index contributed by atoms with van der Waals surface area (Å²) in [5.41, 5.74) is -0.276. The zero-order valence-electron chi connectivity index (χ0n) is 43.8. The number of aliphatic hydroxyl groups excluding tert-OH is 2. The largest absolute Gasteiger partial charge is 0.392 e. The Kier molecular flexibility index (Phi) is 16.0. The number of fused-ring (bicyclic) bond motifs is 5. The number of Topliss-reactive ketones (excluding diaryl/α,β-unsaturated/α-hetero) is 3. The average Bonchev–Trinajstić information content (AvgIpc) is 3.97. The molecule has 402 valence electrons. The molecule has 8 rings (SSSR count). The molecular weight excluding hydrogens is 955 g/mol. The van der Waals surface area contributed by atoms with E-state index in [1.165, 1.54) is 6.07 Å². The zero-order valence-corrected chi connectivity index (χ0v) is 43.8. The average molecular weight is 1030 g/mol. The van der Waals surface area contributed by atoms with E-state index in [1.54, 1.807) is 29.9 Å². The van der Waals surface area contributed by atoms with Gasteiger partial charge in [0.05, 0.1) is 82.3 Å². The van der Waals surface area contributed by atoms with Gasteiger partial charge in [-0.25, -0.2) is 4.68 Å². The maximum Gasteiger partial charge on any atom is 0.264 e. The predicted octanol–water partition coefficient (Wildman–Crippen LogP) is 3.52. The van der Waals surface area contributed by atoms with Crippen LogP contribution in [-0.2, 0) is 56.1 Å². The SMILES string of the molecule is C[C@H](CC(=O)C[C@@H](C)[C@H]1C[C@H](O)[C@@]2(C)C3=C(C(=O)C[C@]12C)[C@@]1(C)CCC(=O)C(C)(C)[C@@H]1C[C@@H]3O)C(=O)NCCOCCOCCOCCn1cc(CNc2cccc3c2C(=O)N(C2CCC(=O)NC2=O)C3=O)nn1. The summed E-state index contributed by atoms with van der Waals surface area (Å²) < 4.78 is 18.5. The minimum absolute atomic E-state index is 0.0244. The summed E-state index contributed by atoms with van der Waals surface area (Å²) in [7, 11) is 0. The zero-order chi connectivity index (χ0) is 53.5. The molecule has 1 aromatic heterocycles. The van der Waals surface area contributed by atoms with E-state index < -0.39 is 69.5 Å². The first-order chi connectivity index (χ1) is 35.0. The predicted molar refractivity (Wildman–Crippen MR) is 266 cm³/mol. The molecule has 3 heterocycles. The lowest BCUT2D eigenvalue weighted by atomic mass is 9.42. The first kappa shape index (κ1) is 54.7. The molecule has 5 amide bonds. The van der Waals surface area contributed by atoms with Crippen molar-refractivity contribution in [3.63, 3.8) is 0 Å². The van der Waals surface area contributed by atoms with Gasteiger partial charge in [-0.15, -0.1) is 5.10 Å². The molecule has 6 aliphatic rings. The lowest BCUT2D eigenvalue weighted by Gasteiger charge is -2.61. The molecule has 74 heavy (non-hydrogen) atoms. The molecule has 1 saturated heterocycles. The number of nitrogens with zero attached hydrogens (tertiary/aromatic N) is 4. The number of rotatable bonds is 22. The number of amides is 5. The second-order valence-corrected chi connectivity index (χ2v) is 22.7. The molecule has 20 heteroatoms. The van der Waals surface area contributed by atoms with Crippen LogP contribution in [-0.4, -0.2) is 141 Å². The number of hydrogen-bond donors (Lipinski definition) is 5. The van der Waals surface area contributed by atoms with Crippen LogP contribution in [0, 0.1) is 45.3 Å². The molecule has 0 radical (unpaired) electrons. The number of benzene rings is 1. The Balaban J connectivity index is 0.685. The Morgan fingerprint density at radius 3 is 2.31 bits per heavy atom. The topological polar surface area (TPSA) is 275 Å². The molecule has 0 bridgehead atoms. The van der Waals surface area contributed by atoms with Crippen LogP contribution in [0.1, 0.15) is 133 Å². The number of aromatic nitrogens is 3. The van der Waals surface area contributed by atoms with E-state index in [1.807, 2.05) is 34.6 Å². The molecule has 2 aromatic rings. The molecule has 2 aliphatic heterocycles. The number of allylic oxidation sites excluding steroid dienone is 1. The summed E-state index contributed by atoms with van der Waals surface area (Å²) in [5.74, 6) is -3.62. The van der Waals surface area contributed by atoms with E-state index in [9.17, 15) is 48.6 Å². The van der Waals surface area contributed by atoms with Crippen LogP contribution in [0.3, 0.4) is 0 Å². The molecular formula is C54H73N7O13. The van der Waals surface area contributed by atoms with Crippen molar-refractivity contribution in [1.82, 2.24) is 30.5 Å². The van der Waals surface area contributed by atoms with Gasteiger partial charge in [-0.1, -0.05) is 59.7 Å². The number of hydrogen-bond acceptors (Lipinski definition) is 16. The molecule has 0 spiro atoms. The van der Waals surface area contributed by atoms with Crippen LogP contribution >= 0.6 is 0 Å². The van der Waals surface area contributed by atoms with Gasteiger partial charge in [-0.2, -0.15) is 0 Å². The molecule has 20 nitrogen and oxygen atoms in total. The normalized spacial score (nSPS) is 30.1. The number of ketones is 3. The Labute approximate surface area is 431 Å². The van der Waals surface area contributed by atoms with Crippen LogP contribution in [0.15, 0.2) is 35.5 Å².